The highest BCUT2D eigenvalue weighted by atomic mass is 35.5. The standard InChI is InChI=1S/C12H16ClN3O/c13-12-15-10-3-1-2-9(10)11(16-12)14-8-4-6-17-7-5-8/h8H,1-7H2,(H,14,15,16). The van der Waals surface area contributed by atoms with Gasteiger partial charge in [0, 0.05) is 24.8 Å². The van der Waals surface area contributed by atoms with Gasteiger partial charge in [0.25, 0.3) is 0 Å². The number of ether oxygens (including phenoxy) is 1. The fourth-order valence-corrected chi connectivity index (χ4v) is 2.74. The molecule has 0 bridgehead atoms. The van der Waals surface area contributed by atoms with Crippen LogP contribution in [0.3, 0.4) is 0 Å². The SMILES string of the molecule is Clc1nc2c(c(NC3CCOCC3)n1)CCC2. The topological polar surface area (TPSA) is 47.0 Å². The minimum atomic E-state index is 0.361. The molecule has 92 valence electrons. The summed E-state index contributed by atoms with van der Waals surface area (Å²) >= 11 is 5.96. The maximum absolute atomic E-state index is 5.96. The Kier molecular flexibility index (Phi) is 3.16. The molecule has 0 saturated carbocycles. The molecule has 0 atom stereocenters. The highest BCUT2D eigenvalue weighted by molar-refractivity contribution is 6.28. The van der Waals surface area contributed by atoms with Crippen molar-refractivity contribution in [2.45, 2.75) is 38.1 Å². The Morgan fingerprint density at radius 3 is 2.82 bits per heavy atom. The zero-order valence-corrected chi connectivity index (χ0v) is 10.5. The molecule has 17 heavy (non-hydrogen) atoms. The summed E-state index contributed by atoms with van der Waals surface area (Å²) in [5.74, 6) is 0.949. The van der Waals surface area contributed by atoms with Crippen molar-refractivity contribution in [1.82, 2.24) is 9.97 Å². The van der Waals surface area contributed by atoms with Crippen LogP contribution in [0.1, 0.15) is 30.5 Å². The van der Waals surface area contributed by atoms with Crippen molar-refractivity contribution in [2.75, 3.05) is 18.5 Å². The third-order valence-corrected chi connectivity index (χ3v) is 3.64. The summed E-state index contributed by atoms with van der Waals surface area (Å²) in [5.41, 5.74) is 2.39. The van der Waals surface area contributed by atoms with Gasteiger partial charge < -0.3 is 10.1 Å². The van der Waals surface area contributed by atoms with Crippen molar-refractivity contribution in [3.05, 3.63) is 16.5 Å². The summed E-state index contributed by atoms with van der Waals surface area (Å²) in [7, 11) is 0. The van der Waals surface area contributed by atoms with Crippen LogP contribution in [0, 0.1) is 0 Å². The Morgan fingerprint density at radius 1 is 1.18 bits per heavy atom. The van der Waals surface area contributed by atoms with E-state index >= 15 is 0 Å². The fourth-order valence-electron chi connectivity index (χ4n) is 2.56. The van der Waals surface area contributed by atoms with Gasteiger partial charge in [0.1, 0.15) is 5.82 Å². The Hall–Kier alpha value is -0.870. The van der Waals surface area contributed by atoms with Gasteiger partial charge in [-0.2, -0.15) is 0 Å². The second kappa shape index (κ2) is 4.78. The number of aryl methyl sites for hydroxylation is 1. The summed E-state index contributed by atoms with van der Waals surface area (Å²) in [6.07, 6.45) is 5.33. The summed E-state index contributed by atoms with van der Waals surface area (Å²) < 4.78 is 5.35. The zero-order valence-electron chi connectivity index (χ0n) is 9.71. The van der Waals surface area contributed by atoms with E-state index in [0.29, 0.717) is 11.3 Å². The molecule has 5 heteroatoms. The summed E-state index contributed by atoms with van der Waals surface area (Å²) in [6.45, 7) is 1.66. The molecule has 1 N–H and O–H groups in total. The lowest BCUT2D eigenvalue weighted by Crippen LogP contribution is -2.28. The number of fused-ring (bicyclic) bond motifs is 1. The highest BCUT2D eigenvalue weighted by Crippen LogP contribution is 2.28. The first-order valence-corrected chi connectivity index (χ1v) is 6.60. The number of nitrogens with zero attached hydrogens (tertiary/aromatic N) is 2. The van der Waals surface area contributed by atoms with Crippen LogP contribution in [0.4, 0.5) is 5.82 Å². The fraction of sp³-hybridized carbons (Fsp3) is 0.667. The molecule has 1 aliphatic heterocycles. The largest absolute Gasteiger partial charge is 0.381 e. The number of rotatable bonds is 2. The number of halogens is 1. The van der Waals surface area contributed by atoms with Gasteiger partial charge in [-0.25, -0.2) is 9.97 Å². The lowest BCUT2D eigenvalue weighted by atomic mass is 10.1. The molecule has 0 spiro atoms. The van der Waals surface area contributed by atoms with Crippen LogP contribution in [0.5, 0.6) is 0 Å². The minimum Gasteiger partial charge on any atom is -0.381 e. The molecule has 2 aliphatic rings. The molecule has 4 nitrogen and oxygen atoms in total. The lowest BCUT2D eigenvalue weighted by Gasteiger charge is -2.24. The first-order valence-electron chi connectivity index (χ1n) is 6.22. The lowest BCUT2D eigenvalue weighted by molar-refractivity contribution is 0.0903. The second-order valence-electron chi connectivity index (χ2n) is 4.65. The Morgan fingerprint density at radius 2 is 2.00 bits per heavy atom. The first kappa shape index (κ1) is 11.2. The average Bonchev–Trinajstić information content (AvgIpc) is 2.78. The van der Waals surface area contributed by atoms with Crippen LogP contribution in [0.15, 0.2) is 0 Å². The molecule has 0 amide bonds. The predicted molar refractivity (Wildman–Crippen MR) is 66.5 cm³/mol. The molecule has 0 radical (unpaired) electrons. The molecule has 1 aliphatic carbocycles. The Labute approximate surface area is 106 Å². The summed E-state index contributed by atoms with van der Waals surface area (Å²) in [5, 5.41) is 3.87. The number of nitrogens with one attached hydrogen (secondary N) is 1. The minimum absolute atomic E-state index is 0.361. The molecule has 0 aromatic carbocycles. The van der Waals surface area contributed by atoms with E-state index in [0.717, 1.165) is 56.8 Å². The van der Waals surface area contributed by atoms with Crippen molar-refractivity contribution in [3.63, 3.8) is 0 Å². The van der Waals surface area contributed by atoms with E-state index in [1.54, 1.807) is 0 Å². The molecule has 1 fully saturated rings. The van der Waals surface area contributed by atoms with Crippen molar-refractivity contribution >= 4 is 17.4 Å². The monoisotopic (exact) mass is 253 g/mol. The molecule has 0 unspecified atom stereocenters. The van der Waals surface area contributed by atoms with E-state index < -0.39 is 0 Å². The highest BCUT2D eigenvalue weighted by Gasteiger charge is 2.21. The van der Waals surface area contributed by atoms with Crippen LogP contribution >= 0.6 is 11.6 Å². The molecule has 1 saturated heterocycles. The van der Waals surface area contributed by atoms with E-state index in [4.69, 9.17) is 16.3 Å². The second-order valence-corrected chi connectivity index (χ2v) is 4.99. The first-order chi connectivity index (χ1) is 8.33. The van der Waals surface area contributed by atoms with Gasteiger partial charge in [-0.1, -0.05) is 0 Å². The van der Waals surface area contributed by atoms with E-state index in [-0.39, 0.29) is 0 Å². The van der Waals surface area contributed by atoms with Gasteiger partial charge >= 0.3 is 0 Å². The van der Waals surface area contributed by atoms with Crippen molar-refractivity contribution in [3.8, 4) is 0 Å². The average molecular weight is 254 g/mol. The molecular formula is C12H16ClN3O. The van der Waals surface area contributed by atoms with Gasteiger partial charge in [0.15, 0.2) is 0 Å². The quantitative estimate of drug-likeness (QED) is 0.821. The van der Waals surface area contributed by atoms with Crippen LogP contribution in [0.2, 0.25) is 5.28 Å². The van der Waals surface area contributed by atoms with Crippen LogP contribution in [-0.4, -0.2) is 29.2 Å². The third-order valence-electron chi connectivity index (χ3n) is 3.47. The van der Waals surface area contributed by atoms with Gasteiger partial charge in [0.05, 0.1) is 5.69 Å². The predicted octanol–water partition coefficient (Wildman–Crippen LogP) is 2.21. The third kappa shape index (κ3) is 2.38. The summed E-state index contributed by atoms with van der Waals surface area (Å²) in [4.78, 5) is 8.64. The van der Waals surface area contributed by atoms with E-state index in [1.807, 2.05) is 0 Å². The van der Waals surface area contributed by atoms with Crippen molar-refractivity contribution < 1.29 is 4.74 Å². The zero-order chi connectivity index (χ0) is 11.7. The van der Waals surface area contributed by atoms with E-state index in [9.17, 15) is 0 Å². The normalized spacial score (nSPS) is 20.3. The van der Waals surface area contributed by atoms with Crippen molar-refractivity contribution in [1.29, 1.82) is 0 Å². The smallest absolute Gasteiger partial charge is 0.224 e. The van der Waals surface area contributed by atoms with Gasteiger partial charge in [-0.15, -0.1) is 0 Å². The number of aromatic nitrogens is 2. The maximum atomic E-state index is 5.96. The van der Waals surface area contributed by atoms with Crippen LogP contribution in [-0.2, 0) is 17.6 Å². The number of anilines is 1. The molecule has 3 rings (SSSR count). The number of hydrogen-bond donors (Lipinski definition) is 1. The van der Waals surface area contributed by atoms with Crippen LogP contribution in [0.25, 0.3) is 0 Å². The molecule has 1 aromatic heterocycles. The van der Waals surface area contributed by atoms with Gasteiger partial charge in [-0.3, -0.25) is 0 Å². The maximum Gasteiger partial charge on any atom is 0.224 e. The van der Waals surface area contributed by atoms with E-state index in [2.05, 4.69) is 15.3 Å². The summed E-state index contributed by atoms with van der Waals surface area (Å²) in [6, 6.07) is 0.458. The molecule has 2 heterocycles. The molecular weight excluding hydrogens is 238 g/mol. The van der Waals surface area contributed by atoms with E-state index in [1.165, 1.54) is 5.56 Å². The Balaban J connectivity index is 1.82. The van der Waals surface area contributed by atoms with Gasteiger partial charge in [-0.05, 0) is 43.7 Å². The van der Waals surface area contributed by atoms with Crippen molar-refractivity contribution in [2.24, 2.45) is 0 Å². The van der Waals surface area contributed by atoms with Crippen LogP contribution < -0.4 is 5.32 Å². The van der Waals surface area contributed by atoms with Gasteiger partial charge in [0.2, 0.25) is 5.28 Å². The Bertz CT molecular complexity index is 418. The molecule has 1 aromatic rings. The number of hydrogen-bond acceptors (Lipinski definition) is 4.